The minimum absolute atomic E-state index is 0.0752. The standard InChI is InChI=1S/C30H36N2O6/c1-29(2,3)38-27(35)31-16-8-9-20(17-31)32(19-30(14-15-30)26(33)34)28(36)37-18-25-23-12-6-4-10-21(23)22-11-5-7-13-24(22)25/h4-7,10-13,20,25H,8-9,14-19H2,1-3H3,(H,33,34). The fraction of sp³-hybridized carbons (Fsp3) is 0.500. The van der Waals surface area contributed by atoms with Crippen LogP contribution in [0.25, 0.3) is 11.1 Å². The molecule has 1 saturated carbocycles. The van der Waals surface area contributed by atoms with E-state index in [1.54, 1.807) is 9.80 Å². The second-order valence-corrected chi connectivity index (χ2v) is 11.7. The molecule has 38 heavy (non-hydrogen) atoms. The van der Waals surface area contributed by atoms with E-state index in [4.69, 9.17) is 9.47 Å². The zero-order valence-electron chi connectivity index (χ0n) is 22.3. The maximum atomic E-state index is 13.6. The van der Waals surface area contributed by atoms with E-state index in [1.165, 1.54) is 0 Å². The van der Waals surface area contributed by atoms with Crippen LogP contribution in [-0.4, -0.2) is 70.9 Å². The summed E-state index contributed by atoms with van der Waals surface area (Å²) in [6, 6.07) is 15.9. The van der Waals surface area contributed by atoms with Gasteiger partial charge in [-0.3, -0.25) is 4.79 Å². The highest BCUT2D eigenvalue weighted by atomic mass is 16.6. The molecule has 0 spiro atoms. The molecule has 3 aliphatic rings. The predicted octanol–water partition coefficient (Wildman–Crippen LogP) is 5.50. The number of nitrogens with zero attached hydrogens (tertiary/aromatic N) is 2. The van der Waals surface area contributed by atoms with Gasteiger partial charge in [0.25, 0.3) is 0 Å². The van der Waals surface area contributed by atoms with Crippen LogP contribution < -0.4 is 0 Å². The Bertz CT molecular complexity index is 1190. The highest BCUT2D eigenvalue weighted by Crippen LogP contribution is 2.48. The fourth-order valence-electron chi connectivity index (χ4n) is 5.64. The summed E-state index contributed by atoms with van der Waals surface area (Å²) in [6.07, 6.45) is 1.45. The van der Waals surface area contributed by atoms with Crippen LogP contribution >= 0.6 is 0 Å². The molecule has 2 aliphatic carbocycles. The summed E-state index contributed by atoms with van der Waals surface area (Å²) < 4.78 is 11.5. The van der Waals surface area contributed by atoms with Gasteiger partial charge >= 0.3 is 18.2 Å². The molecule has 0 aromatic heterocycles. The number of piperidine rings is 1. The van der Waals surface area contributed by atoms with Crippen LogP contribution in [0.4, 0.5) is 9.59 Å². The third-order valence-corrected chi connectivity index (χ3v) is 7.84. The highest BCUT2D eigenvalue weighted by Gasteiger charge is 2.53. The van der Waals surface area contributed by atoms with E-state index in [1.807, 2.05) is 45.0 Å². The zero-order chi connectivity index (χ0) is 27.1. The quantitative estimate of drug-likeness (QED) is 0.540. The molecule has 5 rings (SSSR count). The predicted molar refractivity (Wildman–Crippen MR) is 142 cm³/mol. The van der Waals surface area contributed by atoms with Gasteiger partial charge in [-0.25, -0.2) is 9.59 Å². The molecule has 0 radical (unpaired) electrons. The second kappa shape index (κ2) is 9.97. The van der Waals surface area contributed by atoms with Crippen molar-refractivity contribution in [3.05, 3.63) is 59.7 Å². The van der Waals surface area contributed by atoms with Crippen molar-refractivity contribution in [1.29, 1.82) is 0 Å². The Labute approximate surface area is 223 Å². The molecule has 1 atom stereocenters. The van der Waals surface area contributed by atoms with Crippen LogP contribution in [0.3, 0.4) is 0 Å². The first-order chi connectivity index (χ1) is 18.1. The first-order valence-electron chi connectivity index (χ1n) is 13.4. The number of carbonyl (C=O) groups excluding carboxylic acids is 2. The molecular weight excluding hydrogens is 484 g/mol. The van der Waals surface area contributed by atoms with Crippen molar-refractivity contribution in [2.75, 3.05) is 26.2 Å². The average Bonchev–Trinajstić information content (AvgIpc) is 3.61. The van der Waals surface area contributed by atoms with Gasteiger partial charge in [0.2, 0.25) is 0 Å². The van der Waals surface area contributed by atoms with Crippen LogP contribution in [0, 0.1) is 5.41 Å². The molecule has 202 valence electrons. The Morgan fingerprint density at radius 1 is 1.03 bits per heavy atom. The van der Waals surface area contributed by atoms with E-state index in [2.05, 4.69) is 24.3 Å². The summed E-state index contributed by atoms with van der Waals surface area (Å²) in [5, 5.41) is 9.86. The summed E-state index contributed by atoms with van der Waals surface area (Å²) in [6.45, 7) is 6.51. The molecule has 2 amide bonds. The van der Waals surface area contributed by atoms with Crippen LogP contribution in [0.2, 0.25) is 0 Å². The summed E-state index contributed by atoms with van der Waals surface area (Å²) in [7, 11) is 0. The van der Waals surface area contributed by atoms with Crippen molar-refractivity contribution < 1.29 is 29.0 Å². The van der Waals surface area contributed by atoms with Crippen molar-refractivity contribution in [1.82, 2.24) is 9.80 Å². The number of hydrogen-bond acceptors (Lipinski definition) is 5. The molecule has 2 fully saturated rings. The van der Waals surface area contributed by atoms with Gasteiger partial charge in [-0.15, -0.1) is 0 Å². The monoisotopic (exact) mass is 520 g/mol. The van der Waals surface area contributed by atoms with Gasteiger partial charge < -0.3 is 24.4 Å². The zero-order valence-corrected chi connectivity index (χ0v) is 22.3. The molecule has 1 heterocycles. The Balaban J connectivity index is 1.34. The fourth-order valence-corrected chi connectivity index (χ4v) is 5.64. The molecule has 8 heteroatoms. The second-order valence-electron chi connectivity index (χ2n) is 11.7. The van der Waals surface area contributed by atoms with Gasteiger partial charge in [0, 0.05) is 25.6 Å². The number of carboxylic acids is 1. The summed E-state index contributed by atoms with van der Waals surface area (Å²) in [5.41, 5.74) is 2.95. The molecular formula is C30H36N2O6. The van der Waals surface area contributed by atoms with Gasteiger partial charge in [0.1, 0.15) is 12.2 Å². The minimum atomic E-state index is -0.945. The largest absolute Gasteiger partial charge is 0.481 e. The lowest BCUT2D eigenvalue weighted by Crippen LogP contribution is -2.54. The van der Waals surface area contributed by atoms with E-state index >= 15 is 0 Å². The van der Waals surface area contributed by atoms with E-state index in [-0.39, 0.29) is 31.7 Å². The Kier molecular flexibility index (Phi) is 6.84. The maximum Gasteiger partial charge on any atom is 0.410 e. The van der Waals surface area contributed by atoms with Crippen LogP contribution in [0.5, 0.6) is 0 Å². The number of amides is 2. The number of hydrogen-bond donors (Lipinski definition) is 1. The lowest BCUT2D eigenvalue weighted by molar-refractivity contribution is -0.144. The van der Waals surface area contributed by atoms with Crippen molar-refractivity contribution >= 4 is 18.2 Å². The number of carbonyl (C=O) groups is 3. The van der Waals surface area contributed by atoms with E-state index in [0.29, 0.717) is 32.2 Å². The van der Waals surface area contributed by atoms with E-state index in [0.717, 1.165) is 22.3 Å². The Hall–Kier alpha value is -3.55. The lowest BCUT2D eigenvalue weighted by Gasteiger charge is -2.40. The normalized spacial score (nSPS) is 19.8. The number of ether oxygens (including phenoxy) is 2. The topological polar surface area (TPSA) is 96.4 Å². The summed E-state index contributed by atoms with van der Waals surface area (Å²) in [5.74, 6) is -0.985. The molecule has 1 aliphatic heterocycles. The first-order valence-corrected chi connectivity index (χ1v) is 13.4. The van der Waals surface area contributed by atoms with Crippen molar-refractivity contribution in [3.63, 3.8) is 0 Å². The van der Waals surface area contributed by atoms with E-state index < -0.39 is 29.2 Å². The number of benzene rings is 2. The molecule has 1 unspecified atom stereocenters. The van der Waals surface area contributed by atoms with Crippen LogP contribution in [-0.2, 0) is 14.3 Å². The van der Waals surface area contributed by atoms with Crippen molar-refractivity contribution in [2.24, 2.45) is 5.41 Å². The van der Waals surface area contributed by atoms with Gasteiger partial charge in [-0.2, -0.15) is 0 Å². The Morgan fingerprint density at radius 3 is 2.18 bits per heavy atom. The summed E-state index contributed by atoms with van der Waals surface area (Å²) >= 11 is 0. The third-order valence-electron chi connectivity index (χ3n) is 7.84. The average molecular weight is 521 g/mol. The molecule has 1 N–H and O–H groups in total. The van der Waals surface area contributed by atoms with E-state index in [9.17, 15) is 19.5 Å². The smallest absolute Gasteiger partial charge is 0.410 e. The number of carboxylic acid groups (broad SMARTS) is 1. The Morgan fingerprint density at radius 2 is 1.63 bits per heavy atom. The minimum Gasteiger partial charge on any atom is -0.481 e. The first kappa shape index (κ1) is 26.1. The molecule has 2 aromatic carbocycles. The van der Waals surface area contributed by atoms with Gasteiger partial charge in [-0.05, 0) is 68.7 Å². The highest BCUT2D eigenvalue weighted by molar-refractivity contribution is 5.80. The lowest BCUT2D eigenvalue weighted by atomic mass is 9.98. The molecule has 2 aromatic rings. The van der Waals surface area contributed by atoms with Gasteiger partial charge in [0.15, 0.2) is 0 Å². The van der Waals surface area contributed by atoms with Crippen molar-refractivity contribution in [2.45, 2.75) is 64.0 Å². The molecule has 8 nitrogen and oxygen atoms in total. The molecule has 1 saturated heterocycles. The van der Waals surface area contributed by atoms with Crippen molar-refractivity contribution in [3.8, 4) is 11.1 Å². The van der Waals surface area contributed by atoms with Gasteiger partial charge in [0.05, 0.1) is 11.5 Å². The van der Waals surface area contributed by atoms with Crippen LogP contribution in [0.15, 0.2) is 48.5 Å². The third kappa shape index (κ3) is 5.22. The number of aliphatic carboxylic acids is 1. The maximum absolute atomic E-state index is 13.6. The van der Waals surface area contributed by atoms with Crippen LogP contribution in [0.1, 0.15) is 63.5 Å². The summed E-state index contributed by atoms with van der Waals surface area (Å²) in [4.78, 5) is 41.6. The number of likely N-dealkylation sites (tertiary alicyclic amines) is 1. The van der Waals surface area contributed by atoms with Gasteiger partial charge in [-0.1, -0.05) is 48.5 Å². The SMILES string of the molecule is CC(C)(C)OC(=O)N1CCCC(N(CC2(C(=O)O)CC2)C(=O)OCC2c3ccccc3-c3ccccc32)C1. The molecule has 0 bridgehead atoms. The number of rotatable bonds is 6. The number of fused-ring (bicyclic) bond motifs is 3.